The maximum atomic E-state index is 13.7. The number of halogens is 3. The van der Waals surface area contributed by atoms with Gasteiger partial charge in [-0.15, -0.1) is 0 Å². The van der Waals surface area contributed by atoms with Crippen molar-refractivity contribution in [2.75, 3.05) is 36.5 Å². The third-order valence-corrected chi connectivity index (χ3v) is 7.49. The molecule has 1 N–H and O–H groups in total. The largest absolute Gasteiger partial charge is 0.418 e. The number of fused-ring (bicyclic) bond motifs is 1. The molecule has 1 fully saturated rings. The van der Waals surface area contributed by atoms with Crippen molar-refractivity contribution in [2.24, 2.45) is 0 Å². The van der Waals surface area contributed by atoms with Crippen molar-refractivity contribution in [2.45, 2.75) is 26.1 Å². The third-order valence-electron chi connectivity index (χ3n) is 6.55. The number of pyridine rings is 1. The van der Waals surface area contributed by atoms with Gasteiger partial charge in [-0.05, 0) is 48.7 Å². The van der Waals surface area contributed by atoms with Crippen molar-refractivity contribution >= 4 is 28.5 Å². The van der Waals surface area contributed by atoms with Gasteiger partial charge in [0, 0.05) is 48.3 Å². The summed E-state index contributed by atoms with van der Waals surface area (Å²) in [7, 11) is 0. The van der Waals surface area contributed by atoms with Crippen molar-refractivity contribution in [1.82, 2.24) is 19.9 Å². The van der Waals surface area contributed by atoms with Gasteiger partial charge in [0.15, 0.2) is 0 Å². The van der Waals surface area contributed by atoms with Gasteiger partial charge in [0.05, 0.1) is 23.3 Å². The number of nitrogens with one attached hydrogen (secondary N) is 1. The molecule has 0 unspecified atom stereocenters. The molecule has 4 aromatic rings. The second kappa shape index (κ2) is 11.1. The number of anilines is 1. The molecule has 0 radical (unpaired) electrons. The van der Waals surface area contributed by atoms with Gasteiger partial charge >= 0.3 is 6.18 Å². The highest BCUT2D eigenvalue weighted by Gasteiger charge is 2.34. The van der Waals surface area contributed by atoms with Crippen molar-refractivity contribution in [1.29, 1.82) is 0 Å². The SMILES string of the molecule is Cc1ccccc1CCNc1nc(CN2CCSCC2)nc2cc(-c3ncccc3C(F)(F)F)ccc12. The van der Waals surface area contributed by atoms with Gasteiger partial charge in [-0.25, -0.2) is 9.97 Å². The monoisotopic (exact) mass is 523 g/mol. The minimum Gasteiger partial charge on any atom is -0.369 e. The quantitative estimate of drug-likeness (QED) is 0.310. The van der Waals surface area contributed by atoms with E-state index in [1.165, 1.54) is 23.4 Å². The van der Waals surface area contributed by atoms with Crippen LogP contribution in [0, 0.1) is 6.92 Å². The molecule has 3 heterocycles. The molecule has 1 aliphatic heterocycles. The Morgan fingerprint density at radius 3 is 2.59 bits per heavy atom. The van der Waals surface area contributed by atoms with Crippen molar-refractivity contribution < 1.29 is 13.2 Å². The summed E-state index contributed by atoms with van der Waals surface area (Å²) in [5.74, 6) is 3.49. The molecular formula is C28H28F3N5S. The van der Waals surface area contributed by atoms with Crippen LogP contribution in [0.2, 0.25) is 0 Å². The Balaban J connectivity index is 1.50. The summed E-state index contributed by atoms with van der Waals surface area (Å²) in [6.45, 7) is 5.30. The van der Waals surface area contributed by atoms with Gasteiger partial charge in [-0.1, -0.05) is 30.3 Å². The predicted octanol–water partition coefficient (Wildman–Crippen LogP) is 6.22. The average Bonchev–Trinajstić information content (AvgIpc) is 2.89. The highest BCUT2D eigenvalue weighted by atomic mass is 32.2. The topological polar surface area (TPSA) is 53.9 Å². The number of benzene rings is 2. The second-order valence-corrected chi connectivity index (χ2v) is 10.3. The van der Waals surface area contributed by atoms with E-state index in [9.17, 15) is 13.2 Å². The zero-order valence-corrected chi connectivity index (χ0v) is 21.4. The Morgan fingerprint density at radius 1 is 1.00 bits per heavy atom. The Bertz CT molecular complexity index is 1390. The van der Waals surface area contributed by atoms with E-state index in [4.69, 9.17) is 9.97 Å². The van der Waals surface area contributed by atoms with E-state index in [-0.39, 0.29) is 5.69 Å². The molecule has 192 valence electrons. The summed E-state index contributed by atoms with van der Waals surface area (Å²) in [4.78, 5) is 16.0. The number of nitrogens with zero attached hydrogens (tertiary/aromatic N) is 4. The molecule has 5 rings (SSSR count). The highest BCUT2D eigenvalue weighted by Crippen LogP contribution is 2.36. The van der Waals surface area contributed by atoms with Gasteiger partial charge in [-0.2, -0.15) is 24.9 Å². The van der Waals surface area contributed by atoms with E-state index in [1.54, 1.807) is 18.2 Å². The zero-order valence-electron chi connectivity index (χ0n) is 20.6. The minimum absolute atomic E-state index is 0.0980. The summed E-state index contributed by atoms with van der Waals surface area (Å²) in [6, 6.07) is 15.8. The number of rotatable bonds is 7. The molecule has 0 bridgehead atoms. The van der Waals surface area contributed by atoms with Crippen LogP contribution >= 0.6 is 11.8 Å². The van der Waals surface area contributed by atoms with E-state index in [1.807, 2.05) is 23.9 Å². The van der Waals surface area contributed by atoms with Crippen molar-refractivity contribution in [3.8, 4) is 11.3 Å². The molecule has 0 amide bonds. The number of aryl methyl sites for hydroxylation is 1. The van der Waals surface area contributed by atoms with Gasteiger partial charge in [-0.3, -0.25) is 9.88 Å². The van der Waals surface area contributed by atoms with Gasteiger partial charge in [0.25, 0.3) is 0 Å². The molecule has 0 saturated carbocycles. The Labute approximate surface area is 218 Å². The van der Waals surface area contributed by atoms with E-state index in [0.717, 1.165) is 42.5 Å². The van der Waals surface area contributed by atoms with Crippen LogP contribution in [-0.4, -0.2) is 51.0 Å². The first kappa shape index (κ1) is 25.5. The Morgan fingerprint density at radius 2 is 1.81 bits per heavy atom. The second-order valence-electron chi connectivity index (χ2n) is 9.11. The highest BCUT2D eigenvalue weighted by molar-refractivity contribution is 7.99. The number of aromatic nitrogens is 3. The molecule has 0 atom stereocenters. The first-order valence-corrected chi connectivity index (χ1v) is 13.5. The maximum Gasteiger partial charge on any atom is 0.418 e. The van der Waals surface area contributed by atoms with Gasteiger partial charge < -0.3 is 5.32 Å². The minimum atomic E-state index is -4.50. The van der Waals surface area contributed by atoms with Crippen LogP contribution in [-0.2, 0) is 19.1 Å². The van der Waals surface area contributed by atoms with E-state index >= 15 is 0 Å². The van der Waals surface area contributed by atoms with Gasteiger partial charge in [0.2, 0.25) is 0 Å². The van der Waals surface area contributed by atoms with Crippen molar-refractivity contribution in [3.05, 3.63) is 83.3 Å². The molecule has 2 aromatic carbocycles. The predicted molar refractivity (Wildman–Crippen MR) is 144 cm³/mol. The lowest BCUT2D eigenvalue weighted by molar-refractivity contribution is -0.137. The molecule has 2 aromatic heterocycles. The van der Waals surface area contributed by atoms with Crippen molar-refractivity contribution in [3.63, 3.8) is 0 Å². The Hall–Kier alpha value is -3.17. The number of hydrogen-bond acceptors (Lipinski definition) is 6. The van der Waals surface area contributed by atoms with Crippen LogP contribution in [0.25, 0.3) is 22.2 Å². The summed E-state index contributed by atoms with van der Waals surface area (Å²) in [6.07, 6.45) is -2.28. The van der Waals surface area contributed by atoms with E-state index in [2.05, 4.69) is 34.3 Å². The molecular weight excluding hydrogens is 495 g/mol. The summed E-state index contributed by atoms with van der Waals surface area (Å²) >= 11 is 1.93. The molecule has 1 aliphatic rings. The lowest BCUT2D eigenvalue weighted by Crippen LogP contribution is -2.32. The van der Waals surface area contributed by atoms with Gasteiger partial charge in [0.1, 0.15) is 11.6 Å². The summed E-state index contributed by atoms with van der Waals surface area (Å²) in [5.41, 5.74) is 2.62. The number of alkyl halides is 3. The fourth-order valence-corrected chi connectivity index (χ4v) is 5.54. The van der Waals surface area contributed by atoms with Crippen LogP contribution in [0.4, 0.5) is 19.0 Å². The number of thioether (sulfide) groups is 1. The van der Waals surface area contributed by atoms with E-state index < -0.39 is 11.7 Å². The van der Waals surface area contributed by atoms with Crippen LogP contribution < -0.4 is 5.32 Å². The molecule has 5 nitrogen and oxygen atoms in total. The maximum absolute atomic E-state index is 13.7. The van der Waals surface area contributed by atoms with Crippen LogP contribution in [0.3, 0.4) is 0 Å². The zero-order chi connectivity index (χ0) is 25.8. The third kappa shape index (κ3) is 6.05. The fraction of sp³-hybridized carbons (Fsp3) is 0.321. The lowest BCUT2D eigenvalue weighted by atomic mass is 10.0. The molecule has 1 saturated heterocycles. The normalized spacial score (nSPS) is 14.7. The number of hydrogen-bond donors (Lipinski definition) is 1. The molecule has 0 aliphatic carbocycles. The molecule has 9 heteroatoms. The summed E-state index contributed by atoms with van der Waals surface area (Å²) < 4.78 is 41.0. The molecule has 37 heavy (non-hydrogen) atoms. The first-order chi connectivity index (χ1) is 17.9. The van der Waals surface area contributed by atoms with Crippen LogP contribution in [0.1, 0.15) is 22.5 Å². The Kier molecular flexibility index (Phi) is 7.62. The van der Waals surface area contributed by atoms with Crippen LogP contribution in [0.15, 0.2) is 60.8 Å². The fourth-order valence-electron chi connectivity index (χ4n) is 4.56. The summed E-state index contributed by atoms with van der Waals surface area (Å²) in [5, 5.41) is 4.24. The van der Waals surface area contributed by atoms with E-state index in [0.29, 0.717) is 35.8 Å². The first-order valence-electron chi connectivity index (χ1n) is 12.3. The average molecular weight is 524 g/mol. The standard InChI is InChI=1S/C28H28F3N5S/c1-19-5-2-3-6-20(19)10-12-33-27-22-9-8-21(26-23(28(29,30)31)7-4-11-32-26)17-24(22)34-25(35-27)18-36-13-15-37-16-14-36/h2-9,11,17H,10,12-16,18H2,1H3,(H,33,34,35). The van der Waals surface area contributed by atoms with Crippen LogP contribution in [0.5, 0.6) is 0 Å². The smallest absolute Gasteiger partial charge is 0.369 e. The lowest BCUT2D eigenvalue weighted by Gasteiger charge is -2.25. The molecule has 0 spiro atoms.